The molecule has 0 saturated carbocycles. The second kappa shape index (κ2) is 7.49. The largest absolute Gasteiger partial charge is 0.325 e. The van der Waals surface area contributed by atoms with Gasteiger partial charge >= 0.3 is 6.03 Å². The molecule has 1 N–H and O–H groups in total. The highest BCUT2D eigenvalue weighted by molar-refractivity contribution is 6.30. The van der Waals surface area contributed by atoms with Crippen LogP contribution in [-0.2, 0) is 0 Å². The summed E-state index contributed by atoms with van der Waals surface area (Å²) >= 11 is 5.84. The molecule has 2 aromatic carbocycles. The Morgan fingerprint density at radius 3 is 1.96 bits per heavy atom. The normalized spacial score (nSPS) is 14.3. The molecule has 3 rings (SSSR count). The number of carbonyl (C=O) groups excluding carboxylic acids is 2. The number of ketones is 1. The van der Waals surface area contributed by atoms with Gasteiger partial charge in [0.2, 0.25) is 0 Å². The van der Waals surface area contributed by atoms with Crippen LogP contribution in [0.2, 0.25) is 5.02 Å². The number of halogens is 1. The molecule has 5 heteroatoms. The molecule has 0 radical (unpaired) electrons. The minimum Gasteiger partial charge on any atom is -0.325 e. The van der Waals surface area contributed by atoms with Crippen LogP contribution in [0.5, 0.6) is 0 Å². The van der Waals surface area contributed by atoms with Crippen LogP contribution in [-0.4, -0.2) is 29.8 Å². The molecule has 0 atom stereocenters. The lowest BCUT2D eigenvalue weighted by Gasteiger charge is -2.26. The second-order valence-electron chi connectivity index (χ2n) is 5.89. The monoisotopic (exact) mass is 342 g/mol. The van der Waals surface area contributed by atoms with E-state index >= 15 is 0 Å². The maximum Gasteiger partial charge on any atom is 0.321 e. The number of nitrogens with one attached hydrogen (secondary N) is 1. The summed E-state index contributed by atoms with van der Waals surface area (Å²) in [6, 6.07) is 13.7. The van der Waals surface area contributed by atoms with Gasteiger partial charge in [-0.15, -0.1) is 0 Å². The molecule has 1 fully saturated rings. The van der Waals surface area contributed by atoms with E-state index in [1.807, 2.05) is 4.90 Å². The van der Waals surface area contributed by atoms with Crippen molar-refractivity contribution in [2.24, 2.45) is 0 Å². The zero-order valence-corrected chi connectivity index (χ0v) is 14.1. The summed E-state index contributed by atoms with van der Waals surface area (Å²) in [5.41, 5.74) is 1.86. The summed E-state index contributed by atoms with van der Waals surface area (Å²) in [5, 5.41) is 3.48. The highest BCUT2D eigenvalue weighted by Gasteiger charge is 2.16. The van der Waals surface area contributed by atoms with E-state index in [9.17, 15) is 9.59 Å². The third kappa shape index (κ3) is 3.95. The van der Waals surface area contributed by atoms with Crippen molar-refractivity contribution < 1.29 is 9.59 Å². The quantitative estimate of drug-likeness (QED) is 0.829. The van der Waals surface area contributed by atoms with Gasteiger partial charge in [-0.05, 0) is 67.8 Å². The molecule has 0 unspecified atom stereocenters. The zero-order chi connectivity index (χ0) is 16.9. The number of benzene rings is 2. The first-order valence-corrected chi connectivity index (χ1v) is 8.47. The highest BCUT2D eigenvalue weighted by atomic mass is 35.5. The van der Waals surface area contributed by atoms with E-state index in [1.165, 1.54) is 6.42 Å². The Balaban J connectivity index is 1.65. The lowest BCUT2D eigenvalue weighted by molar-refractivity contribution is 0.103. The van der Waals surface area contributed by atoms with Gasteiger partial charge in [0.1, 0.15) is 0 Å². The molecule has 1 saturated heterocycles. The summed E-state index contributed by atoms with van der Waals surface area (Å²) < 4.78 is 0. The van der Waals surface area contributed by atoms with Gasteiger partial charge in [0.15, 0.2) is 5.78 Å². The van der Waals surface area contributed by atoms with Gasteiger partial charge in [0.05, 0.1) is 0 Å². The van der Waals surface area contributed by atoms with Crippen molar-refractivity contribution in [2.75, 3.05) is 18.4 Å². The molecular weight excluding hydrogens is 324 g/mol. The van der Waals surface area contributed by atoms with Crippen molar-refractivity contribution in [3.63, 3.8) is 0 Å². The average Bonchev–Trinajstić information content (AvgIpc) is 2.63. The van der Waals surface area contributed by atoms with Crippen LogP contribution in [0.25, 0.3) is 0 Å². The highest BCUT2D eigenvalue weighted by Crippen LogP contribution is 2.17. The molecule has 24 heavy (non-hydrogen) atoms. The lowest BCUT2D eigenvalue weighted by atomic mass is 10.0. The van der Waals surface area contributed by atoms with E-state index in [2.05, 4.69) is 5.32 Å². The maximum absolute atomic E-state index is 12.4. The standard InChI is InChI=1S/C19H19ClN2O2/c20-16-8-4-14(5-9-16)18(23)15-6-10-17(11-7-15)21-19(24)22-12-2-1-3-13-22/h4-11H,1-3,12-13H2,(H,21,24). The second-order valence-corrected chi connectivity index (χ2v) is 6.33. The number of piperidine rings is 1. The van der Waals surface area contributed by atoms with E-state index in [-0.39, 0.29) is 11.8 Å². The number of likely N-dealkylation sites (tertiary alicyclic amines) is 1. The van der Waals surface area contributed by atoms with Gasteiger partial charge in [0.25, 0.3) is 0 Å². The van der Waals surface area contributed by atoms with Crippen molar-refractivity contribution in [1.82, 2.24) is 4.90 Å². The number of anilines is 1. The van der Waals surface area contributed by atoms with Gasteiger partial charge in [-0.2, -0.15) is 0 Å². The van der Waals surface area contributed by atoms with E-state index in [1.54, 1.807) is 48.5 Å². The van der Waals surface area contributed by atoms with E-state index < -0.39 is 0 Å². The summed E-state index contributed by atoms with van der Waals surface area (Å²) in [6.07, 6.45) is 3.30. The van der Waals surface area contributed by atoms with Crippen LogP contribution < -0.4 is 5.32 Å². The minimum atomic E-state index is -0.0773. The van der Waals surface area contributed by atoms with E-state index in [0.717, 1.165) is 25.9 Å². The predicted molar refractivity (Wildman–Crippen MR) is 95.8 cm³/mol. The fourth-order valence-corrected chi connectivity index (χ4v) is 2.90. The van der Waals surface area contributed by atoms with E-state index in [4.69, 9.17) is 11.6 Å². The van der Waals surface area contributed by atoms with Crippen molar-refractivity contribution in [3.8, 4) is 0 Å². The fraction of sp³-hybridized carbons (Fsp3) is 0.263. The van der Waals surface area contributed by atoms with Crippen molar-refractivity contribution in [2.45, 2.75) is 19.3 Å². The fourth-order valence-electron chi connectivity index (χ4n) is 2.77. The molecule has 0 aliphatic carbocycles. The smallest absolute Gasteiger partial charge is 0.321 e. The Labute approximate surface area is 146 Å². The summed E-state index contributed by atoms with van der Waals surface area (Å²) in [5.74, 6) is -0.0689. The summed E-state index contributed by atoms with van der Waals surface area (Å²) in [7, 11) is 0. The first kappa shape index (κ1) is 16.5. The van der Waals surface area contributed by atoms with Gasteiger partial charge in [0, 0.05) is 34.9 Å². The minimum absolute atomic E-state index is 0.0689. The summed E-state index contributed by atoms with van der Waals surface area (Å²) in [4.78, 5) is 26.4. The van der Waals surface area contributed by atoms with Crippen LogP contribution in [0.15, 0.2) is 48.5 Å². The molecule has 124 valence electrons. The predicted octanol–water partition coefficient (Wildman–Crippen LogP) is 4.59. The Hall–Kier alpha value is -2.33. The van der Waals surface area contributed by atoms with Crippen LogP contribution in [0.4, 0.5) is 10.5 Å². The summed E-state index contributed by atoms with van der Waals surface area (Å²) in [6.45, 7) is 1.61. The number of rotatable bonds is 3. The van der Waals surface area contributed by atoms with Crippen molar-refractivity contribution in [3.05, 3.63) is 64.7 Å². The lowest BCUT2D eigenvalue weighted by Crippen LogP contribution is -2.38. The van der Waals surface area contributed by atoms with Crippen LogP contribution in [0, 0.1) is 0 Å². The number of hydrogen-bond donors (Lipinski definition) is 1. The Morgan fingerprint density at radius 1 is 0.833 bits per heavy atom. The number of nitrogens with zero attached hydrogens (tertiary/aromatic N) is 1. The molecule has 4 nitrogen and oxygen atoms in total. The third-order valence-electron chi connectivity index (χ3n) is 4.15. The first-order valence-electron chi connectivity index (χ1n) is 8.10. The van der Waals surface area contributed by atoms with Gasteiger partial charge in [-0.1, -0.05) is 11.6 Å². The molecule has 0 aromatic heterocycles. The Bertz CT molecular complexity index is 720. The average molecular weight is 343 g/mol. The van der Waals surface area contributed by atoms with Gasteiger partial charge in [-0.3, -0.25) is 4.79 Å². The molecule has 1 aliphatic rings. The number of urea groups is 1. The SMILES string of the molecule is O=C(c1ccc(Cl)cc1)c1ccc(NC(=O)N2CCCCC2)cc1. The molecule has 2 amide bonds. The Morgan fingerprint density at radius 2 is 1.38 bits per heavy atom. The maximum atomic E-state index is 12.4. The molecule has 0 bridgehead atoms. The topological polar surface area (TPSA) is 49.4 Å². The van der Waals surface area contributed by atoms with Crippen LogP contribution in [0.3, 0.4) is 0 Å². The third-order valence-corrected chi connectivity index (χ3v) is 4.40. The van der Waals surface area contributed by atoms with Crippen LogP contribution >= 0.6 is 11.6 Å². The zero-order valence-electron chi connectivity index (χ0n) is 13.3. The molecule has 1 aliphatic heterocycles. The number of amides is 2. The number of hydrogen-bond acceptors (Lipinski definition) is 2. The molecule has 2 aromatic rings. The number of carbonyl (C=O) groups is 2. The van der Waals surface area contributed by atoms with E-state index in [0.29, 0.717) is 21.8 Å². The van der Waals surface area contributed by atoms with Crippen molar-refractivity contribution in [1.29, 1.82) is 0 Å². The van der Waals surface area contributed by atoms with Crippen molar-refractivity contribution >= 4 is 29.1 Å². The van der Waals surface area contributed by atoms with Crippen LogP contribution in [0.1, 0.15) is 35.2 Å². The molecular formula is C19H19ClN2O2. The molecule has 1 heterocycles. The Kier molecular flexibility index (Phi) is 5.16. The van der Waals surface area contributed by atoms with Gasteiger partial charge < -0.3 is 10.2 Å². The first-order chi connectivity index (χ1) is 11.6. The van der Waals surface area contributed by atoms with Gasteiger partial charge in [-0.25, -0.2) is 4.79 Å². The molecule has 0 spiro atoms.